The van der Waals surface area contributed by atoms with E-state index in [0.717, 1.165) is 12.0 Å². The molecule has 1 aromatic rings. The Morgan fingerprint density at radius 2 is 2.31 bits per heavy atom. The average Bonchev–Trinajstić information content (AvgIpc) is 2.83. The highest BCUT2D eigenvalue weighted by Crippen LogP contribution is 2.42. The highest BCUT2D eigenvalue weighted by molar-refractivity contribution is 7.09. The van der Waals surface area contributed by atoms with Gasteiger partial charge in [0.25, 0.3) is 0 Å². The number of thiazole rings is 1. The fraction of sp³-hybridized carbons (Fsp3) is 0.600. The lowest BCUT2D eigenvalue weighted by molar-refractivity contribution is -0.111. The first-order chi connectivity index (χ1) is 6.13. The van der Waals surface area contributed by atoms with Crippen molar-refractivity contribution in [3.8, 4) is 0 Å². The van der Waals surface area contributed by atoms with Crippen LogP contribution in [0.2, 0.25) is 0 Å². The summed E-state index contributed by atoms with van der Waals surface area (Å²) in [6.07, 6.45) is 3.52. The van der Waals surface area contributed by atoms with E-state index in [2.05, 4.69) is 4.98 Å². The summed E-state index contributed by atoms with van der Waals surface area (Å²) in [4.78, 5) is 15.3. The Labute approximate surface area is 82.0 Å². The molecule has 1 heterocycles. The smallest absolute Gasteiger partial charge is 0.131 e. The third kappa shape index (κ3) is 1.66. The Balaban J connectivity index is 2.25. The molecule has 3 heteroatoms. The van der Waals surface area contributed by atoms with Crippen molar-refractivity contribution in [2.24, 2.45) is 0 Å². The van der Waals surface area contributed by atoms with Gasteiger partial charge in [-0.25, -0.2) is 4.98 Å². The molecule has 0 atom stereocenters. The highest BCUT2D eigenvalue weighted by atomic mass is 32.1. The van der Waals surface area contributed by atoms with Crippen LogP contribution >= 0.6 is 11.3 Å². The highest BCUT2D eigenvalue weighted by Gasteiger charge is 2.29. The lowest BCUT2D eigenvalue weighted by Crippen LogP contribution is -2.19. The zero-order valence-electron chi connectivity index (χ0n) is 7.91. The van der Waals surface area contributed by atoms with Crippen LogP contribution in [0.1, 0.15) is 43.3 Å². The maximum absolute atomic E-state index is 10.8. The Morgan fingerprint density at radius 3 is 2.85 bits per heavy atom. The van der Waals surface area contributed by atoms with Gasteiger partial charge in [0.05, 0.1) is 16.1 Å². The Morgan fingerprint density at radius 1 is 1.62 bits per heavy atom. The van der Waals surface area contributed by atoms with E-state index in [-0.39, 0.29) is 0 Å². The molecule has 0 unspecified atom stereocenters. The molecular formula is C10H13NOS. The number of aromatic nitrogens is 1. The van der Waals surface area contributed by atoms with Gasteiger partial charge in [-0.1, -0.05) is 0 Å². The zero-order chi connectivity index (χ0) is 9.47. The van der Waals surface area contributed by atoms with Crippen molar-refractivity contribution >= 4 is 17.6 Å². The molecule has 0 aromatic carbocycles. The molecule has 2 nitrogen and oxygen atoms in total. The van der Waals surface area contributed by atoms with Gasteiger partial charge in [0, 0.05) is 11.3 Å². The van der Waals surface area contributed by atoms with Crippen LogP contribution in [-0.2, 0) is 10.2 Å². The molecule has 0 saturated heterocycles. The predicted octanol–water partition coefficient (Wildman–Crippen LogP) is 2.50. The molecule has 0 amide bonds. The molecule has 1 saturated carbocycles. The summed E-state index contributed by atoms with van der Waals surface area (Å²) in [7, 11) is 0. The third-order valence-electron chi connectivity index (χ3n) is 2.40. The first-order valence-electron chi connectivity index (χ1n) is 4.56. The lowest BCUT2D eigenvalue weighted by atomic mass is 9.92. The number of hydrogen-bond donors (Lipinski definition) is 0. The van der Waals surface area contributed by atoms with E-state index < -0.39 is 5.41 Å². The van der Waals surface area contributed by atoms with Crippen LogP contribution in [0.15, 0.2) is 5.38 Å². The molecule has 1 aromatic heterocycles. The molecule has 0 bridgehead atoms. The number of aldehydes is 1. The van der Waals surface area contributed by atoms with E-state index >= 15 is 0 Å². The Hall–Kier alpha value is -0.700. The molecular weight excluding hydrogens is 182 g/mol. The minimum atomic E-state index is -0.413. The van der Waals surface area contributed by atoms with E-state index in [1.165, 1.54) is 17.8 Å². The number of hydrogen-bond acceptors (Lipinski definition) is 3. The van der Waals surface area contributed by atoms with Gasteiger partial charge in [-0.2, -0.15) is 0 Å². The van der Waals surface area contributed by atoms with Crippen LogP contribution in [0.4, 0.5) is 0 Å². The second-order valence-corrected chi connectivity index (χ2v) is 5.07. The number of nitrogens with zero attached hydrogens (tertiary/aromatic N) is 1. The summed E-state index contributed by atoms with van der Waals surface area (Å²) in [6, 6.07) is 0. The van der Waals surface area contributed by atoms with E-state index in [0.29, 0.717) is 5.92 Å². The summed E-state index contributed by atoms with van der Waals surface area (Å²) in [5.74, 6) is 0.696. The van der Waals surface area contributed by atoms with E-state index in [4.69, 9.17) is 0 Å². The molecule has 0 aliphatic heterocycles. The van der Waals surface area contributed by atoms with E-state index in [1.54, 1.807) is 11.3 Å². The second-order valence-electron chi connectivity index (χ2n) is 4.18. The van der Waals surface area contributed by atoms with Crippen molar-refractivity contribution in [1.82, 2.24) is 4.98 Å². The van der Waals surface area contributed by atoms with Gasteiger partial charge in [0.15, 0.2) is 0 Å². The normalized spacial score (nSPS) is 17.4. The van der Waals surface area contributed by atoms with Crippen molar-refractivity contribution in [3.05, 3.63) is 16.1 Å². The topological polar surface area (TPSA) is 30.0 Å². The minimum absolute atomic E-state index is 0.413. The monoisotopic (exact) mass is 195 g/mol. The van der Waals surface area contributed by atoms with Crippen LogP contribution < -0.4 is 0 Å². The largest absolute Gasteiger partial charge is 0.302 e. The van der Waals surface area contributed by atoms with Gasteiger partial charge in [-0.05, 0) is 26.7 Å². The summed E-state index contributed by atoms with van der Waals surface area (Å²) in [6.45, 7) is 3.82. The van der Waals surface area contributed by atoms with Crippen molar-refractivity contribution in [2.75, 3.05) is 0 Å². The van der Waals surface area contributed by atoms with Crippen LogP contribution in [0.25, 0.3) is 0 Å². The van der Waals surface area contributed by atoms with Crippen LogP contribution in [0.5, 0.6) is 0 Å². The zero-order valence-corrected chi connectivity index (χ0v) is 8.73. The van der Waals surface area contributed by atoms with Crippen molar-refractivity contribution in [3.63, 3.8) is 0 Å². The van der Waals surface area contributed by atoms with Gasteiger partial charge < -0.3 is 4.79 Å². The molecule has 70 valence electrons. The second kappa shape index (κ2) is 2.91. The quantitative estimate of drug-likeness (QED) is 0.694. The summed E-state index contributed by atoms with van der Waals surface area (Å²) >= 11 is 1.69. The fourth-order valence-electron chi connectivity index (χ4n) is 1.16. The van der Waals surface area contributed by atoms with Crippen LogP contribution in [0, 0.1) is 0 Å². The first-order valence-corrected chi connectivity index (χ1v) is 5.43. The molecule has 13 heavy (non-hydrogen) atoms. The van der Waals surface area contributed by atoms with Gasteiger partial charge in [0.2, 0.25) is 0 Å². The number of carbonyl (C=O) groups is 1. The van der Waals surface area contributed by atoms with E-state index in [1.807, 2.05) is 19.2 Å². The Bertz CT molecular complexity index is 325. The van der Waals surface area contributed by atoms with Gasteiger partial charge >= 0.3 is 0 Å². The van der Waals surface area contributed by atoms with Crippen molar-refractivity contribution in [2.45, 2.75) is 38.0 Å². The summed E-state index contributed by atoms with van der Waals surface area (Å²) in [5, 5.41) is 3.23. The lowest BCUT2D eigenvalue weighted by Gasteiger charge is -2.12. The number of rotatable bonds is 3. The van der Waals surface area contributed by atoms with Gasteiger partial charge in [-0.3, -0.25) is 0 Å². The number of carbonyl (C=O) groups excluding carboxylic acids is 1. The van der Waals surface area contributed by atoms with Crippen molar-refractivity contribution in [1.29, 1.82) is 0 Å². The molecule has 1 aliphatic carbocycles. The predicted molar refractivity (Wildman–Crippen MR) is 53.2 cm³/mol. The molecule has 0 radical (unpaired) electrons. The maximum atomic E-state index is 10.8. The summed E-state index contributed by atoms with van der Waals surface area (Å²) < 4.78 is 0. The molecule has 0 spiro atoms. The van der Waals surface area contributed by atoms with Crippen molar-refractivity contribution < 1.29 is 4.79 Å². The molecule has 2 rings (SSSR count). The first kappa shape index (κ1) is 8.88. The van der Waals surface area contributed by atoms with E-state index in [9.17, 15) is 4.79 Å². The molecule has 1 fully saturated rings. The van der Waals surface area contributed by atoms with Gasteiger partial charge in [-0.15, -0.1) is 11.3 Å². The summed E-state index contributed by atoms with van der Waals surface area (Å²) in [5.41, 5.74) is 0.512. The SMILES string of the molecule is CC(C)(C=O)c1csc(C2CC2)n1. The average molecular weight is 195 g/mol. The molecule has 1 aliphatic rings. The van der Waals surface area contributed by atoms with Crippen LogP contribution in [0.3, 0.4) is 0 Å². The molecule has 0 N–H and O–H groups in total. The standard InChI is InChI=1S/C10H13NOS/c1-10(2,6-12)8-5-13-9(11-8)7-3-4-7/h5-7H,3-4H2,1-2H3. The van der Waals surface area contributed by atoms with Gasteiger partial charge in [0.1, 0.15) is 6.29 Å². The minimum Gasteiger partial charge on any atom is -0.302 e. The third-order valence-corrected chi connectivity index (χ3v) is 3.41. The maximum Gasteiger partial charge on any atom is 0.131 e. The fourth-order valence-corrected chi connectivity index (χ4v) is 2.33. The van der Waals surface area contributed by atoms with Crippen LogP contribution in [-0.4, -0.2) is 11.3 Å². The Kier molecular flexibility index (Phi) is 1.99.